The molecule has 1 aliphatic heterocycles. The van der Waals surface area contributed by atoms with Gasteiger partial charge in [-0.3, -0.25) is 9.10 Å². The average molecular weight is 443 g/mol. The van der Waals surface area contributed by atoms with E-state index < -0.39 is 27.8 Å². The maximum absolute atomic E-state index is 13.5. The van der Waals surface area contributed by atoms with Gasteiger partial charge in [0.2, 0.25) is 22.7 Å². The van der Waals surface area contributed by atoms with Crippen molar-refractivity contribution in [2.75, 3.05) is 17.4 Å². The molecule has 156 valence electrons. The van der Waals surface area contributed by atoms with Crippen LogP contribution in [0.3, 0.4) is 0 Å². The number of nitrogens with zero attached hydrogens (tertiary/aromatic N) is 1. The van der Waals surface area contributed by atoms with Crippen molar-refractivity contribution in [1.82, 2.24) is 5.32 Å². The number of hydrogen-bond acceptors (Lipinski definition) is 5. The molecule has 0 saturated carbocycles. The first-order valence-corrected chi connectivity index (χ1v) is 11.0. The third kappa shape index (κ3) is 4.73. The van der Waals surface area contributed by atoms with E-state index in [0.717, 1.165) is 22.2 Å². The van der Waals surface area contributed by atoms with Crippen molar-refractivity contribution in [2.24, 2.45) is 0 Å². The van der Waals surface area contributed by atoms with Gasteiger partial charge in [0.15, 0.2) is 11.5 Å². The zero-order valence-electron chi connectivity index (χ0n) is 15.8. The second-order valence-electron chi connectivity index (χ2n) is 6.49. The van der Waals surface area contributed by atoms with E-state index in [0.29, 0.717) is 11.5 Å². The van der Waals surface area contributed by atoms with Gasteiger partial charge in [-0.05, 0) is 42.3 Å². The summed E-state index contributed by atoms with van der Waals surface area (Å²) in [5.41, 5.74) is 0.886. The zero-order chi connectivity index (χ0) is 21.2. The van der Waals surface area contributed by atoms with E-state index in [1.807, 2.05) is 0 Å². The maximum Gasteiger partial charge on any atom is 0.244 e. The highest BCUT2D eigenvalue weighted by Gasteiger charge is 2.31. The van der Waals surface area contributed by atoms with Crippen LogP contribution in [0.5, 0.6) is 11.5 Å². The van der Waals surface area contributed by atoms with Crippen molar-refractivity contribution in [1.29, 1.82) is 0 Å². The summed E-state index contributed by atoms with van der Waals surface area (Å²) in [4.78, 5) is 12.8. The molecule has 10 heteroatoms. The molecule has 7 nitrogen and oxygen atoms in total. The molecule has 0 spiro atoms. The summed E-state index contributed by atoms with van der Waals surface area (Å²) in [6.45, 7) is 2.01. The van der Waals surface area contributed by atoms with Crippen LogP contribution in [0.15, 0.2) is 36.4 Å². The summed E-state index contributed by atoms with van der Waals surface area (Å²) in [6.07, 6.45) is 1.19. The molecule has 29 heavy (non-hydrogen) atoms. The highest BCUT2D eigenvalue weighted by atomic mass is 35.5. The molecule has 0 fully saturated rings. The van der Waals surface area contributed by atoms with Crippen LogP contribution in [-0.2, 0) is 21.4 Å². The molecule has 1 heterocycles. The van der Waals surface area contributed by atoms with Gasteiger partial charge in [-0.1, -0.05) is 24.6 Å². The second kappa shape index (κ2) is 8.46. The number of anilines is 1. The molecule has 0 radical (unpaired) electrons. The van der Waals surface area contributed by atoms with Crippen LogP contribution in [0.25, 0.3) is 0 Å². The summed E-state index contributed by atoms with van der Waals surface area (Å²) in [6, 6.07) is 7.76. The summed E-state index contributed by atoms with van der Waals surface area (Å²) < 4.78 is 49.8. The Morgan fingerprint density at radius 3 is 2.62 bits per heavy atom. The number of rotatable bonds is 7. The average Bonchev–Trinajstić information content (AvgIpc) is 3.13. The van der Waals surface area contributed by atoms with Crippen molar-refractivity contribution >= 4 is 33.2 Å². The first-order valence-electron chi connectivity index (χ1n) is 8.81. The fourth-order valence-electron chi connectivity index (χ4n) is 3.04. The van der Waals surface area contributed by atoms with Gasteiger partial charge in [-0.25, -0.2) is 12.8 Å². The second-order valence-corrected chi connectivity index (χ2v) is 8.75. The maximum atomic E-state index is 13.5. The van der Waals surface area contributed by atoms with Gasteiger partial charge in [0.25, 0.3) is 0 Å². The highest BCUT2D eigenvalue weighted by Crippen LogP contribution is 2.32. The Hall–Kier alpha value is -2.52. The minimum atomic E-state index is -3.84. The fourth-order valence-corrected chi connectivity index (χ4v) is 4.42. The lowest BCUT2D eigenvalue weighted by Crippen LogP contribution is -2.49. The Labute approximate surface area is 173 Å². The molecule has 0 aliphatic carbocycles. The van der Waals surface area contributed by atoms with Gasteiger partial charge in [0.05, 0.1) is 17.0 Å². The highest BCUT2D eigenvalue weighted by molar-refractivity contribution is 7.92. The monoisotopic (exact) mass is 442 g/mol. The van der Waals surface area contributed by atoms with Crippen molar-refractivity contribution in [2.45, 2.75) is 25.9 Å². The van der Waals surface area contributed by atoms with Crippen LogP contribution < -0.4 is 19.1 Å². The smallest absolute Gasteiger partial charge is 0.244 e. The van der Waals surface area contributed by atoms with E-state index >= 15 is 0 Å². The van der Waals surface area contributed by atoms with E-state index in [2.05, 4.69) is 5.32 Å². The van der Waals surface area contributed by atoms with Crippen LogP contribution >= 0.6 is 11.6 Å². The fraction of sp³-hybridized carbons (Fsp3) is 0.316. The number of benzene rings is 2. The lowest BCUT2D eigenvalue weighted by atomic mass is 10.1. The lowest BCUT2D eigenvalue weighted by molar-refractivity contribution is -0.122. The van der Waals surface area contributed by atoms with Crippen LogP contribution in [0.4, 0.5) is 10.1 Å². The Morgan fingerprint density at radius 2 is 1.97 bits per heavy atom. The van der Waals surface area contributed by atoms with E-state index in [-0.39, 0.29) is 30.5 Å². The Bertz CT molecular complexity index is 1030. The van der Waals surface area contributed by atoms with Gasteiger partial charge in [-0.15, -0.1) is 0 Å². The van der Waals surface area contributed by atoms with Gasteiger partial charge in [0.1, 0.15) is 11.9 Å². The topological polar surface area (TPSA) is 84.9 Å². The van der Waals surface area contributed by atoms with E-state index in [1.165, 1.54) is 12.1 Å². The van der Waals surface area contributed by atoms with E-state index in [1.54, 1.807) is 25.1 Å². The van der Waals surface area contributed by atoms with E-state index in [9.17, 15) is 17.6 Å². The number of carbonyl (C=O) groups excluding carboxylic acids is 1. The standard InChI is InChI=1S/C19H20ClFN2O5S/c1-3-16(23(29(2,25)26)13-5-6-15(21)14(20)9-13)19(24)22-10-12-4-7-17-18(8-12)28-11-27-17/h4-9,16H,3,10-11H2,1-2H3,(H,22,24). The molecule has 0 saturated heterocycles. The normalized spacial score (nSPS) is 13.8. The van der Waals surface area contributed by atoms with Gasteiger partial charge >= 0.3 is 0 Å². The number of carbonyl (C=O) groups is 1. The quantitative estimate of drug-likeness (QED) is 0.712. The molecule has 1 aliphatic rings. The van der Waals surface area contributed by atoms with Gasteiger partial charge in [-0.2, -0.15) is 0 Å². The zero-order valence-corrected chi connectivity index (χ0v) is 17.4. The number of ether oxygens (including phenoxy) is 2. The Kier molecular flexibility index (Phi) is 6.18. The molecule has 1 amide bonds. The molecule has 3 rings (SSSR count). The molecule has 0 aromatic heterocycles. The molecule has 1 unspecified atom stereocenters. The van der Waals surface area contributed by atoms with Gasteiger partial charge in [0, 0.05) is 6.54 Å². The molecular weight excluding hydrogens is 423 g/mol. The van der Waals surface area contributed by atoms with Crippen molar-refractivity contribution in [3.63, 3.8) is 0 Å². The Morgan fingerprint density at radius 1 is 1.24 bits per heavy atom. The predicted octanol–water partition coefficient (Wildman–Crippen LogP) is 3.07. The summed E-state index contributed by atoms with van der Waals surface area (Å²) in [5.74, 6) is 0.0469. The van der Waals surface area contributed by atoms with Gasteiger partial charge < -0.3 is 14.8 Å². The third-order valence-corrected chi connectivity index (χ3v) is 5.86. The number of amides is 1. The number of nitrogens with one attached hydrogen (secondary N) is 1. The lowest BCUT2D eigenvalue weighted by Gasteiger charge is -2.30. The number of hydrogen-bond donors (Lipinski definition) is 1. The van der Waals surface area contributed by atoms with Crippen LogP contribution in [0.1, 0.15) is 18.9 Å². The molecule has 0 bridgehead atoms. The van der Waals surface area contributed by atoms with E-state index in [4.69, 9.17) is 21.1 Å². The van der Waals surface area contributed by atoms with Crippen LogP contribution in [-0.4, -0.2) is 33.4 Å². The largest absolute Gasteiger partial charge is 0.454 e. The molecule has 1 atom stereocenters. The number of halogens is 2. The van der Waals surface area contributed by atoms with Crippen molar-refractivity contribution in [3.8, 4) is 11.5 Å². The Balaban J connectivity index is 1.80. The molecule has 2 aromatic rings. The third-order valence-electron chi connectivity index (χ3n) is 4.39. The molecule has 2 aromatic carbocycles. The predicted molar refractivity (Wildman–Crippen MR) is 107 cm³/mol. The molecule has 1 N–H and O–H groups in total. The van der Waals surface area contributed by atoms with Crippen molar-refractivity contribution in [3.05, 3.63) is 52.8 Å². The minimum Gasteiger partial charge on any atom is -0.454 e. The van der Waals surface area contributed by atoms with Crippen LogP contribution in [0, 0.1) is 5.82 Å². The first-order chi connectivity index (χ1) is 13.7. The minimum absolute atomic E-state index is 0.115. The molecular formula is C19H20ClFN2O5S. The first kappa shape index (κ1) is 21.2. The summed E-state index contributed by atoms with van der Waals surface area (Å²) >= 11 is 5.80. The summed E-state index contributed by atoms with van der Waals surface area (Å²) in [7, 11) is -3.84. The van der Waals surface area contributed by atoms with Crippen LogP contribution in [0.2, 0.25) is 5.02 Å². The summed E-state index contributed by atoms with van der Waals surface area (Å²) in [5, 5.41) is 2.51. The SMILES string of the molecule is CCC(C(=O)NCc1ccc2c(c1)OCO2)N(c1ccc(F)c(Cl)c1)S(C)(=O)=O. The number of fused-ring (bicyclic) bond motifs is 1. The van der Waals surface area contributed by atoms with Crippen molar-refractivity contribution < 1.29 is 27.1 Å². The number of sulfonamides is 1.